The Morgan fingerprint density at radius 3 is 2.84 bits per heavy atom. The van der Waals surface area contributed by atoms with Gasteiger partial charge in [-0.05, 0) is 32.6 Å². The van der Waals surface area contributed by atoms with Crippen LogP contribution in [-0.4, -0.2) is 40.3 Å². The van der Waals surface area contributed by atoms with Gasteiger partial charge in [0.1, 0.15) is 29.6 Å². The second kappa shape index (κ2) is 6.25. The van der Waals surface area contributed by atoms with Crippen molar-refractivity contribution in [1.29, 1.82) is 0 Å². The number of rotatable bonds is 4. The second-order valence-electron chi connectivity index (χ2n) is 6.67. The van der Waals surface area contributed by atoms with E-state index in [0.29, 0.717) is 17.9 Å². The molecule has 1 aliphatic heterocycles. The average molecular weight is 347 g/mol. The van der Waals surface area contributed by atoms with Gasteiger partial charge in [0.05, 0.1) is 11.6 Å². The molecule has 134 valence electrons. The quantitative estimate of drug-likeness (QED) is 0.889. The Morgan fingerprint density at radius 1 is 1.40 bits per heavy atom. The third kappa shape index (κ3) is 2.95. The summed E-state index contributed by atoms with van der Waals surface area (Å²) in [6, 6.07) is 1.73. The molecule has 7 nitrogen and oxygen atoms in total. The highest BCUT2D eigenvalue weighted by Gasteiger charge is 2.43. The van der Waals surface area contributed by atoms with Gasteiger partial charge < -0.3 is 15.4 Å². The molecule has 2 N–H and O–H groups in total. The minimum atomic E-state index is -1.03. The largest absolute Gasteiger partial charge is 0.386 e. The molecule has 3 atom stereocenters. The van der Waals surface area contributed by atoms with E-state index in [9.17, 15) is 9.18 Å². The van der Waals surface area contributed by atoms with E-state index in [2.05, 4.69) is 20.6 Å². The molecule has 0 aromatic carbocycles. The molecule has 2 aromatic rings. The Bertz CT molecular complexity index is 815. The predicted molar refractivity (Wildman–Crippen MR) is 92.3 cm³/mol. The lowest BCUT2D eigenvalue weighted by atomic mass is 10.2. The van der Waals surface area contributed by atoms with Crippen LogP contribution in [0.5, 0.6) is 0 Å². The van der Waals surface area contributed by atoms with Crippen LogP contribution in [0.1, 0.15) is 37.7 Å². The van der Waals surface area contributed by atoms with Crippen molar-refractivity contribution in [2.75, 3.05) is 24.3 Å². The topological polar surface area (TPSA) is 81.1 Å². The summed E-state index contributed by atoms with van der Waals surface area (Å²) < 4.78 is 21.0. The number of imidazole rings is 1. The number of nitrogens with one attached hydrogen (secondary N) is 2. The molecule has 3 heterocycles. The van der Waals surface area contributed by atoms with Crippen LogP contribution in [0.2, 0.25) is 0 Å². The zero-order valence-electron chi connectivity index (χ0n) is 14.4. The highest BCUT2D eigenvalue weighted by atomic mass is 19.1. The lowest BCUT2D eigenvalue weighted by Crippen LogP contribution is -2.20. The van der Waals surface area contributed by atoms with Gasteiger partial charge in [-0.2, -0.15) is 0 Å². The van der Waals surface area contributed by atoms with Crippen LogP contribution in [-0.2, 0) is 9.53 Å². The van der Waals surface area contributed by atoms with Crippen LogP contribution in [0, 0.1) is 12.8 Å². The number of aromatic nitrogens is 3. The van der Waals surface area contributed by atoms with Gasteiger partial charge in [-0.15, -0.1) is 0 Å². The summed E-state index contributed by atoms with van der Waals surface area (Å²) in [4.78, 5) is 21.3. The molecular formula is C17H22FN5O2. The van der Waals surface area contributed by atoms with Gasteiger partial charge in [0.25, 0.3) is 0 Å². The van der Waals surface area contributed by atoms with Crippen molar-refractivity contribution in [3.63, 3.8) is 0 Å². The van der Waals surface area contributed by atoms with Gasteiger partial charge in [-0.3, -0.25) is 9.36 Å². The average Bonchev–Trinajstić information content (AvgIpc) is 3.25. The molecule has 2 fully saturated rings. The summed E-state index contributed by atoms with van der Waals surface area (Å²) in [5, 5.41) is 5.83. The van der Waals surface area contributed by atoms with Crippen LogP contribution in [0.15, 0.2) is 6.07 Å². The molecule has 2 aliphatic rings. The smallest absolute Gasteiger partial charge is 0.231 e. The van der Waals surface area contributed by atoms with E-state index in [1.165, 1.54) is 0 Å². The van der Waals surface area contributed by atoms with Gasteiger partial charge in [-0.1, -0.05) is 0 Å². The minimum absolute atomic E-state index is 0.0967. The number of pyridine rings is 1. The van der Waals surface area contributed by atoms with Crippen molar-refractivity contribution in [3.8, 4) is 0 Å². The predicted octanol–water partition coefficient (Wildman–Crippen LogP) is 2.78. The molecular weight excluding hydrogens is 325 g/mol. The molecule has 0 radical (unpaired) electrons. The van der Waals surface area contributed by atoms with Gasteiger partial charge in [0, 0.05) is 19.7 Å². The highest BCUT2D eigenvalue weighted by molar-refractivity contribution is 5.97. The number of hydrogen-bond acceptors (Lipinski definition) is 5. The molecule has 8 heteroatoms. The number of nitrogens with zero attached hydrogens (tertiary/aromatic N) is 3. The lowest BCUT2D eigenvalue weighted by molar-refractivity contribution is -0.117. The van der Waals surface area contributed by atoms with E-state index in [1.807, 2.05) is 11.5 Å². The van der Waals surface area contributed by atoms with Crippen molar-refractivity contribution in [2.45, 2.75) is 45.0 Å². The Labute approximate surface area is 145 Å². The summed E-state index contributed by atoms with van der Waals surface area (Å²) in [7, 11) is 1.80. The number of carbonyl (C=O) groups excluding carboxylic acids is 1. The van der Waals surface area contributed by atoms with E-state index in [-0.39, 0.29) is 12.1 Å². The Morgan fingerprint density at radius 2 is 2.20 bits per heavy atom. The van der Waals surface area contributed by atoms with Crippen molar-refractivity contribution in [3.05, 3.63) is 11.9 Å². The molecule has 1 aliphatic carbocycles. The van der Waals surface area contributed by atoms with E-state index in [1.54, 1.807) is 13.1 Å². The van der Waals surface area contributed by atoms with Crippen molar-refractivity contribution < 1.29 is 13.9 Å². The van der Waals surface area contributed by atoms with Crippen LogP contribution >= 0.6 is 0 Å². The number of anilines is 2. The molecule has 0 spiro atoms. The van der Waals surface area contributed by atoms with Crippen molar-refractivity contribution in [2.24, 2.45) is 5.92 Å². The number of ether oxygens (including phenoxy) is 1. The third-order valence-electron chi connectivity index (χ3n) is 4.84. The molecule has 25 heavy (non-hydrogen) atoms. The van der Waals surface area contributed by atoms with E-state index < -0.39 is 12.1 Å². The van der Waals surface area contributed by atoms with Gasteiger partial charge >= 0.3 is 0 Å². The summed E-state index contributed by atoms with van der Waals surface area (Å²) in [5.74, 6) is 0.347. The summed E-state index contributed by atoms with van der Waals surface area (Å²) >= 11 is 0. The molecule has 1 unspecified atom stereocenters. The third-order valence-corrected chi connectivity index (χ3v) is 4.84. The Hall–Kier alpha value is -2.22. The number of halogens is 1. The standard InChI is InChI=1S/C17H22FN5O2/c1-9-20-15-12(19-2)8-13(22-17(24)10-7-11(10)18)21-16(15)23(9)14-5-3-4-6-25-14/h8,10-11,14H,3-7H2,1-2H3,(H2,19,21,22,24)/t10-,11+,14?/m1/s1. The number of aryl methyl sites for hydroxylation is 1. The summed E-state index contributed by atoms with van der Waals surface area (Å²) in [6.45, 7) is 2.65. The van der Waals surface area contributed by atoms with Gasteiger partial charge in [0.15, 0.2) is 5.65 Å². The van der Waals surface area contributed by atoms with Gasteiger partial charge in [0.2, 0.25) is 5.91 Å². The number of carbonyl (C=O) groups is 1. The van der Waals surface area contributed by atoms with Crippen LogP contribution < -0.4 is 10.6 Å². The van der Waals surface area contributed by atoms with E-state index >= 15 is 0 Å². The fourth-order valence-electron chi connectivity index (χ4n) is 3.35. The SMILES string of the molecule is CNc1cc(NC(=O)[C@@H]2C[C@@H]2F)nc2c1nc(C)n2C1CCCCO1. The van der Waals surface area contributed by atoms with Crippen molar-refractivity contribution >= 4 is 28.6 Å². The Balaban J connectivity index is 1.73. The number of fused-ring (bicyclic) bond motifs is 1. The normalized spacial score (nSPS) is 25.8. The number of hydrogen-bond donors (Lipinski definition) is 2. The molecule has 1 amide bonds. The first kappa shape index (κ1) is 16.3. The monoisotopic (exact) mass is 347 g/mol. The minimum Gasteiger partial charge on any atom is -0.386 e. The lowest BCUT2D eigenvalue weighted by Gasteiger charge is -2.25. The van der Waals surface area contributed by atoms with E-state index in [0.717, 1.165) is 42.9 Å². The fourth-order valence-corrected chi connectivity index (χ4v) is 3.35. The molecule has 0 bridgehead atoms. The maximum Gasteiger partial charge on any atom is 0.231 e. The molecule has 1 saturated carbocycles. The maximum atomic E-state index is 13.1. The number of alkyl halides is 1. The van der Waals surface area contributed by atoms with Crippen molar-refractivity contribution in [1.82, 2.24) is 14.5 Å². The van der Waals surface area contributed by atoms with Crippen LogP contribution in [0.3, 0.4) is 0 Å². The summed E-state index contributed by atoms with van der Waals surface area (Å²) in [5.41, 5.74) is 2.17. The highest BCUT2D eigenvalue weighted by Crippen LogP contribution is 2.36. The number of amides is 1. The first-order valence-electron chi connectivity index (χ1n) is 8.72. The van der Waals surface area contributed by atoms with Gasteiger partial charge in [-0.25, -0.2) is 14.4 Å². The fraction of sp³-hybridized carbons (Fsp3) is 0.588. The molecule has 4 rings (SSSR count). The zero-order chi connectivity index (χ0) is 17.6. The van der Waals surface area contributed by atoms with E-state index in [4.69, 9.17) is 4.74 Å². The first-order chi connectivity index (χ1) is 12.1. The summed E-state index contributed by atoms with van der Waals surface area (Å²) in [6.07, 6.45) is 2.23. The first-order valence-corrected chi connectivity index (χ1v) is 8.72. The maximum absolute atomic E-state index is 13.1. The Kier molecular flexibility index (Phi) is 4.07. The molecule has 1 saturated heterocycles. The molecule has 2 aromatic heterocycles. The van der Waals surface area contributed by atoms with Crippen LogP contribution in [0.4, 0.5) is 15.9 Å². The second-order valence-corrected chi connectivity index (χ2v) is 6.67. The van der Waals surface area contributed by atoms with Crippen LogP contribution in [0.25, 0.3) is 11.2 Å². The zero-order valence-corrected chi connectivity index (χ0v) is 14.4.